The second-order valence-corrected chi connectivity index (χ2v) is 3.30. The molecule has 0 amide bonds. The second kappa shape index (κ2) is 3.86. The Hall–Kier alpha value is -0.370. The number of ketones is 1. The minimum atomic E-state index is 0.245. The van der Waals surface area contributed by atoms with Crippen molar-refractivity contribution in [3.05, 3.63) is 0 Å². The third-order valence-corrected chi connectivity index (χ3v) is 2.34. The van der Waals surface area contributed by atoms with Gasteiger partial charge in [0.05, 0.1) is 6.04 Å². The molecule has 1 atom stereocenters. The maximum absolute atomic E-state index is 11.1. The van der Waals surface area contributed by atoms with Crippen LogP contribution in [0.25, 0.3) is 0 Å². The van der Waals surface area contributed by atoms with Crippen molar-refractivity contribution in [2.45, 2.75) is 39.2 Å². The molecular formula is C9H17NO. The summed E-state index contributed by atoms with van der Waals surface area (Å²) in [6.07, 6.45) is 3.43. The number of hydrogen-bond donors (Lipinski definition) is 0. The van der Waals surface area contributed by atoms with Gasteiger partial charge >= 0.3 is 0 Å². The molecule has 1 saturated heterocycles. The lowest BCUT2D eigenvalue weighted by molar-refractivity contribution is -0.121. The van der Waals surface area contributed by atoms with Crippen LogP contribution in [-0.4, -0.2) is 29.8 Å². The van der Waals surface area contributed by atoms with Crippen molar-refractivity contribution in [3.63, 3.8) is 0 Å². The Morgan fingerprint density at radius 2 is 2.36 bits per heavy atom. The quantitative estimate of drug-likeness (QED) is 0.615. The van der Waals surface area contributed by atoms with Gasteiger partial charge in [-0.1, -0.05) is 6.92 Å². The van der Waals surface area contributed by atoms with Crippen LogP contribution in [0.4, 0.5) is 0 Å². The lowest BCUT2D eigenvalue weighted by atomic mass is 10.1. The molecule has 2 heteroatoms. The highest BCUT2D eigenvalue weighted by Gasteiger charge is 2.26. The first-order chi connectivity index (χ1) is 5.25. The zero-order valence-corrected chi connectivity index (χ0v) is 7.47. The maximum atomic E-state index is 11.1. The molecule has 1 rings (SSSR count). The molecule has 1 aliphatic rings. The van der Waals surface area contributed by atoms with Gasteiger partial charge in [0.25, 0.3) is 0 Å². The normalized spacial score (nSPS) is 25.8. The Kier molecular flexibility index (Phi) is 3.06. The lowest BCUT2D eigenvalue weighted by Gasteiger charge is -2.20. The largest absolute Gasteiger partial charge is 0.298 e. The van der Waals surface area contributed by atoms with Gasteiger partial charge in [-0.2, -0.15) is 0 Å². The molecule has 1 unspecified atom stereocenters. The molecule has 0 saturated carbocycles. The standard InChI is InChI=1S/C9H17NO/c1-3-6-10-7-4-5-9(10)8(2)11/h9H,3-7H2,1-2H3. The molecule has 1 aliphatic heterocycles. The van der Waals surface area contributed by atoms with E-state index in [0.29, 0.717) is 5.78 Å². The van der Waals surface area contributed by atoms with Crippen LogP contribution in [0.1, 0.15) is 33.1 Å². The van der Waals surface area contributed by atoms with Crippen LogP contribution < -0.4 is 0 Å². The van der Waals surface area contributed by atoms with Crippen LogP contribution in [-0.2, 0) is 4.79 Å². The van der Waals surface area contributed by atoms with Crippen molar-refractivity contribution in [1.29, 1.82) is 0 Å². The highest BCUT2D eigenvalue weighted by atomic mass is 16.1. The lowest BCUT2D eigenvalue weighted by Crippen LogP contribution is -2.35. The highest BCUT2D eigenvalue weighted by Crippen LogP contribution is 2.17. The fourth-order valence-electron chi connectivity index (χ4n) is 1.84. The van der Waals surface area contributed by atoms with E-state index in [4.69, 9.17) is 0 Å². The third kappa shape index (κ3) is 2.03. The molecule has 0 radical (unpaired) electrons. The van der Waals surface area contributed by atoms with Gasteiger partial charge in [0.15, 0.2) is 0 Å². The van der Waals surface area contributed by atoms with Crippen molar-refractivity contribution < 1.29 is 4.79 Å². The first-order valence-electron chi connectivity index (χ1n) is 4.50. The van der Waals surface area contributed by atoms with Gasteiger partial charge in [0, 0.05) is 0 Å². The summed E-state index contributed by atoms with van der Waals surface area (Å²) in [7, 11) is 0. The zero-order valence-electron chi connectivity index (χ0n) is 7.47. The van der Waals surface area contributed by atoms with E-state index in [-0.39, 0.29) is 6.04 Å². The van der Waals surface area contributed by atoms with Gasteiger partial charge in [-0.3, -0.25) is 9.69 Å². The zero-order chi connectivity index (χ0) is 8.27. The molecule has 1 fully saturated rings. The van der Waals surface area contributed by atoms with E-state index in [1.807, 2.05) is 0 Å². The first kappa shape index (κ1) is 8.72. The highest BCUT2D eigenvalue weighted by molar-refractivity contribution is 5.81. The molecule has 0 aromatic rings. The predicted octanol–water partition coefficient (Wildman–Crippen LogP) is 1.45. The van der Waals surface area contributed by atoms with E-state index in [1.54, 1.807) is 6.92 Å². The van der Waals surface area contributed by atoms with E-state index in [9.17, 15) is 4.79 Å². The summed E-state index contributed by atoms with van der Waals surface area (Å²) in [4.78, 5) is 13.4. The Morgan fingerprint density at radius 3 is 2.91 bits per heavy atom. The molecule has 0 aromatic carbocycles. The summed E-state index contributed by atoms with van der Waals surface area (Å²) < 4.78 is 0. The average molecular weight is 155 g/mol. The van der Waals surface area contributed by atoms with Crippen LogP contribution >= 0.6 is 0 Å². The maximum Gasteiger partial charge on any atom is 0.146 e. The Morgan fingerprint density at radius 1 is 1.64 bits per heavy atom. The summed E-state index contributed by atoms with van der Waals surface area (Å²) in [5.74, 6) is 0.343. The first-order valence-corrected chi connectivity index (χ1v) is 4.50. The van der Waals surface area contributed by atoms with Crippen molar-refractivity contribution in [2.75, 3.05) is 13.1 Å². The van der Waals surface area contributed by atoms with Crippen LogP contribution in [0.3, 0.4) is 0 Å². The van der Waals surface area contributed by atoms with Gasteiger partial charge < -0.3 is 0 Å². The number of carbonyl (C=O) groups excluding carboxylic acids is 1. The third-order valence-electron chi connectivity index (χ3n) is 2.34. The molecule has 0 aliphatic carbocycles. The van der Waals surface area contributed by atoms with Crippen LogP contribution in [0.2, 0.25) is 0 Å². The topological polar surface area (TPSA) is 20.3 Å². The number of Topliss-reactive ketones (excluding diaryl/α,β-unsaturated/α-hetero) is 1. The minimum Gasteiger partial charge on any atom is -0.298 e. The van der Waals surface area contributed by atoms with Crippen LogP contribution in [0.5, 0.6) is 0 Å². The summed E-state index contributed by atoms with van der Waals surface area (Å²) in [6, 6.07) is 0.245. The fraction of sp³-hybridized carbons (Fsp3) is 0.889. The van der Waals surface area contributed by atoms with Crippen molar-refractivity contribution >= 4 is 5.78 Å². The molecule has 0 aromatic heterocycles. The monoisotopic (exact) mass is 155 g/mol. The molecule has 0 bridgehead atoms. The number of carbonyl (C=O) groups is 1. The van der Waals surface area contributed by atoms with Crippen LogP contribution in [0, 0.1) is 0 Å². The predicted molar refractivity (Wildman–Crippen MR) is 45.6 cm³/mol. The van der Waals surface area contributed by atoms with E-state index < -0.39 is 0 Å². The van der Waals surface area contributed by atoms with E-state index in [0.717, 1.165) is 25.9 Å². The van der Waals surface area contributed by atoms with Gasteiger partial charge in [-0.05, 0) is 39.3 Å². The molecule has 0 spiro atoms. The van der Waals surface area contributed by atoms with Gasteiger partial charge in [0.2, 0.25) is 0 Å². The smallest absolute Gasteiger partial charge is 0.146 e. The second-order valence-electron chi connectivity index (χ2n) is 3.30. The molecule has 11 heavy (non-hydrogen) atoms. The van der Waals surface area contributed by atoms with Gasteiger partial charge in [-0.25, -0.2) is 0 Å². The molecular weight excluding hydrogens is 138 g/mol. The van der Waals surface area contributed by atoms with Crippen molar-refractivity contribution in [1.82, 2.24) is 4.90 Å². The van der Waals surface area contributed by atoms with Crippen molar-refractivity contribution in [3.8, 4) is 0 Å². The van der Waals surface area contributed by atoms with Gasteiger partial charge in [-0.15, -0.1) is 0 Å². The van der Waals surface area contributed by atoms with E-state index in [2.05, 4.69) is 11.8 Å². The summed E-state index contributed by atoms with van der Waals surface area (Å²) in [5, 5.41) is 0. The number of likely N-dealkylation sites (tertiary alicyclic amines) is 1. The summed E-state index contributed by atoms with van der Waals surface area (Å²) in [5.41, 5.74) is 0. The summed E-state index contributed by atoms with van der Waals surface area (Å²) in [6.45, 7) is 6.08. The Bertz CT molecular complexity index is 144. The fourth-order valence-corrected chi connectivity index (χ4v) is 1.84. The number of rotatable bonds is 3. The average Bonchev–Trinajstić information content (AvgIpc) is 2.36. The van der Waals surface area contributed by atoms with Crippen LogP contribution in [0.15, 0.2) is 0 Å². The number of nitrogens with zero attached hydrogens (tertiary/aromatic N) is 1. The van der Waals surface area contributed by atoms with Gasteiger partial charge in [0.1, 0.15) is 5.78 Å². The van der Waals surface area contributed by atoms with Crippen molar-refractivity contribution in [2.24, 2.45) is 0 Å². The van der Waals surface area contributed by atoms with E-state index >= 15 is 0 Å². The molecule has 1 heterocycles. The molecule has 0 N–H and O–H groups in total. The SMILES string of the molecule is CCCN1CCCC1C(C)=O. The van der Waals surface area contributed by atoms with E-state index in [1.165, 1.54) is 6.42 Å². The molecule has 64 valence electrons. The minimum absolute atomic E-state index is 0.245. The number of hydrogen-bond acceptors (Lipinski definition) is 2. The Balaban J connectivity index is 2.44. The molecule has 2 nitrogen and oxygen atoms in total. The Labute approximate surface area is 68.6 Å². The summed E-state index contributed by atoms with van der Waals surface area (Å²) >= 11 is 0.